The molecule has 5 N–H and O–H groups in total. The third-order valence-electron chi connectivity index (χ3n) is 7.60. The number of aliphatic carboxylic acids is 1. The molecule has 0 bridgehead atoms. The van der Waals surface area contributed by atoms with Crippen LogP contribution in [0.4, 0.5) is 10.7 Å². The molecule has 3 rings (SSSR count). The Bertz CT molecular complexity index is 1560. The van der Waals surface area contributed by atoms with Crippen LogP contribution in [-0.4, -0.2) is 68.6 Å². The predicted octanol–water partition coefficient (Wildman–Crippen LogP) is 4.22. The number of anilines is 1. The van der Waals surface area contributed by atoms with Crippen molar-refractivity contribution in [3.8, 4) is 0 Å². The third-order valence-corrected chi connectivity index (χ3v) is 7.60. The van der Waals surface area contributed by atoms with Crippen molar-refractivity contribution in [2.45, 2.75) is 96.9 Å². The van der Waals surface area contributed by atoms with Crippen LogP contribution in [0.1, 0.15) is 70.6 Å². The van der Waals surface area contributed by atoms with E-state index in [9.17, 15) is 29.1 Å². The Morgan fingerprint density at radius 2 is 1.22 bits per heavy atom. The van der Waals surface area contributed by atoms with Gasteiger partial charge in [0.25, 0.3) is 0 Å². The number of hydrogen-bond acceptors (Lipinski definition) is 8. The summed E-state index contributed by atoms with van der Waals surface area (Å²) in [5.74, 6) is -3.29. The maximum Gasteiger partial charge on any atom is 0.414 e. The molecule has 0 fully saturated rings. The number of ether oxygens (including phenoxy) is 1. The highest BCUT2D eigenvalue weighted by Gasteiger charge is 2.30. The summed E-state index contributed by atoms with van der Waals surface area (Å²) in [5, 5.41) is 20.6. The summed E-state index contributed by atoms with van der Waals surface area (Å²) >= 11 is 0. The summed E-state index contributed by atoms with van der Waals surface area (Å²) in [7, 11) is 0. The van der Waals surface area contributed by atoms with Crippen molar-refractivity contribution in [3.63, 3.8) is 0 Å². The molecule has 0 aliphatic rings. The van der Waals surface area contributed by atoms with Crippen LogP contribution in [0.3, 0.4) is 0 Å². The van der Waals surface area contributed by atoms with Gasteiger partial charge in [0.1, 0.15) is 23.7 Å². The number of carbonyl (C=O) groups is 5. The van der Waals surface area contributed by atoms with Crippen molar-refractivity contribution in [2.75, 3.05) is 5.32 Å². The monoisotopic (exact) mass is 688 g/mol. The number of carbonyl (C=O) groups excluding carboxylic acids is 4. The van der Waals surface area contributed by atoms with Crippen LogP contribution >= 0.6 is 0 Å². The predicted molar refractivity (Wildman–Crippen MR) is 188 cm³/mol. The summed E-state index contributed by atoms with van der Waals surface area (Å²) in [6, 6.07) is 15.4. The summed E-state index contributed by atoms with van der Waals surface area (Å²) < 4.78 is 5.18. The number of nitrogens with zero attached hydrogens (tertiary/aromatic N) is 2. The second-order valence-corrected chi connectivity index (χ2v) is 13.2. The molecular formula is C37H48N6O7. The van der Waals surface area contributed by atoms with Crippen LogP contribution in [0.25, 0.3) is 0 Å². The topological polar surface area (TPSA) is 189 Å². The molecule has 4 amide bonds. The number of rotatable bonds is 17. The van der Waals surface area contributed by atoms with Crippen LogP contribution in [0.15, 0.2) is 73.1 Å². The first-order valence-corrected chi connectivity index (χ1v) is 16.8. The summed E-state index contributed by atoms with van der Waals surface area (Å²) in [5.41, 5.74) is 1.47. The Hall–Kier alpha value is -5.33. The van der Waals surface area contributed by atoms with Crippen molar-refractivity contribution in [2.24, 2.45) is 5.92 Å². The van der Waals surface area contributed by atoms with E-state index in [1.807, 2.05) is 67.6 Å². The molecule has 50 heavy (non-hydrogen) atoms. The zero-order chi connectivity index (χ0) is 36.7. The van der Waals surface area contributed by atoms with E-state index in [4.69, 9.17) is 4.74 Å². The molecular weight excluding hydrogens is 640 g/mol. The molecule has 0 saturated carbocycles. The van der Waals surface area contributed by atoms with Gasteiger partial charge in [-0.05, 0) is 50.3 Å². The molecule has 4 atom stereocenters. The van der Waals surface area contributed by atoms with Crippen molar-refractivity contribution < 1.29 is 33.8 Å². The Kier molecular flexibility index (Phi) is 14.9. The van der Waals surface area contributed by atoms with Gasteiger partial charge in [-0.3, -0.25) is 19.7 Å². The van der Waals surface area contributed by atoms with E-state index in [1.54, 1.807) is 27.7 Å². The highest BCUT2D eigenvalue weighted by atomic mass is 16.6. The SMILES string of the molecule is CCCC[C@@H](NC(=O)[C@@H](Cc1ccccc1)NC(=O)[C@H](C)Cc1ccccc1)C(=O)N[C@H](Cc1cnc(NC(=O)OC(C)(C)C)nc1)C(=O)O. The highest BCUT2D eigenvalue weighted by molar-refractivity contribution is 5.94. The molecule has 268 valence electrons. The van der Waals surface area contributed by atoms with E-state index in [0.717, 1.165) is 17.5 Å². The first-order chi connectivity index (χ1) is 23.7. The highest BCUT2D eigenvalue weighted by Crippen LogP contribution is 2.13. The summed E-state index contributed by atoms with van der Waals surface area (Å²) in [6.45, 7) is 8.87. The van der Waals surface area contributed by atoms with Crippen molar-refractivity contribution >= 4 is 35.7 Å². The quantitative estimate of drug-likeness (QED) is 0.138. The number of amides is 4. The van der Waals surface area contributed by atoms with E-state index in [-0.39, 0.29) is 31.1 Å². The lowest BCUT2D eigenvalue weighted by Gasteiger charge is -2.25. The zero-order valence-electron chi connectivity index (χ0n) is 29.3. The van der Waals surface area contributed by atoms with Gasteiger partial charge in [-0.1, -0.05) is 87.4 Å². The minimum Gasteiger partial charge on any atom is -0.480 e. The molecule has 2 aromatic carbocycles. The Morgan fingerprint density at radius 1 is 0.720 bits per heavy atom. The molecule has 0 aliphatic carbocycles. The molecule has 13 nitrogen and oxygen atoms in total. The molecule has 3 aromatic rings. The number of unbranched alkanes of at least 4 members (excludes halogenated alkanes) is 1. The number of benzene rings is 2. The Balaban J connectivity index is 1.71. The molecule has 0 saturated heterocycles. The molecule has 1 heterocycles. The van der Waals surface area contributed by atoms with Gasteiger partial charge in [0.15, 0.2) is 0 Å². The molecule has 1 aromatic heterocycles. The fourth-order valence-electron chi connectivity index (χ4n) is 5.01. The lowest BCUT2D eigenvalue weighted by Crippen LogP contribution is -2.56. The molecule has 0 unspecified atom stereocenters. The van der Waals surface area contributed by atoms with Crippen LogP contribution in [0.2, 0.25) is 0 Å². The van der Waals surface area contributed by atoms with Gasteiger partial charge in [-0.15, -0.1) is 0 Å². The first-order valence-electron chi connectivity index (χ1n) is 16.8. The van der Waals surface area contributed by atoms with E-state index < -0.39 is 53.5 Å². The van der Waals surface area contributed by atoms with Gasteiger partial charge >= 0.3 is 12.1 Å². The normalized spacial score (nSPS) is 13.5. The van der Waals surface area contributed by atoms with E-state index in [1.165, 1.54) is 12.4 Å². The van der Waals surface area contributed by atoms with Crippen LogP contribution in [0.5, 0.6) is 0 Å². The average Bonchev–Trinajstić information content (AvgIpc) is 3.06. The molecule has 0 aliphatic heterocycles. The van der Waals surface area contributed by atoms with Gasteiger partial charge in [0, 0.05) is 31.2 Å². The Morgan fingerprint density at radius 3 is 1.76 bits per heavy atom. The van der Waals surface area contributed by atoms with Crippen LogP contribution in [-0.2, 0) is 43.2 Å². The lowest BCUT2D eigenvalue weighted by molar-refractivity contribution is -0.142. The maximum absolute atomic E-state index is 13.8. The number of carboxylic acid groups (broad SMARTS) is 1. The van der Waals surface area contributed by atoms with Gasteiger partial charge in [0.2, 0.25) is 23.7 Å². The van der Waals surface area contributed by atoms with Crippen molar-refractivity contribution in [1.82, 2.24) is 25.9 Å². The molecule has 0 radical (unpaired) electrons. The fraction of sp³-hybridized carbons (Fsp3) is 0.432. The molecule has 0 spiro atoms. The van der Waals surface area contributed by atoms with Gasteiger partial charge in [-0.25, -0.2) is 19.6 Å². The van der Waals surface area contributed by atoms with E-state index in [2.05, 4.69) is 31.2 Å². The number of carboxylic acids is 1. The van der Waals surface area contributed by atoms with Crippen LogP contribution < -0.4 is 21.3 Å². The van der Waals surface area contributed by atoms with E-state index in [0.29, 0.717) is 18.4 Å². The van der Waals surface area contributed by atoms with Crippen LogP contribution in [0, 0.1) is 5.92 Å². The first kappa shape index (κ1) is 39.1. The second-order valence-electron chi connectivity index (χ2n) is 13.2. The van der Waals surface area contributed by atoms with Gasteiger partial charge in [-0.2, -0.15) is 0 Å². The number of hydrogen-bond donors (Lipinski definition) is 5. The number of aromatic nitrogens is 2. The van der Waals surface area contributed by atoms with E-state index >= 15 is 0 Å². The molecule has 13 heteroatoms. The van der Waals surface area contributed by atoms with Gasteiger partial charge < -0.3 is 25.8 Å². The smallest absolute Gasteiger partial charge is 0.414 e. The second kappa shape index (κ2) is 19.0. The minimum atomic E-state index is -1.37. The largest absolute Gasteiger partial charge is 0.480 e. The zero-order valence-corrected chi connectivity index (χ0v) is 29.3. The van der Waals surface area contributed by atoms with Crippen molar-refractivity contribution in [3.05, 3.63) is 89.7 Å². The van der Waals surface area contributed by atoms with Crippen molar-refractivity contribution in [1.29, 1.82) is 0 Å². The third kappa shape index (κ3) is 13.7. The summed E-state index contributed by atoms with van der Waals surface area (Å²) in [4.78, 5) is 72.9. The van der Waals surface area contributed by atoms with Gasteiger partial charge in [0.05, 0.1) is 0 Å². The fourth-order valence-corrected chi connectivity index (χ4v) is 5.01. The number of nitrogens with one attached hydrogen (secondary N) is 4. The lowest BCUT2D eigenvalue weighted by atomic mass is 9.98. The summed E-state index contributed by atoms with van der Waals surface area (Å²) in [6.07, 6.45) is 4.02. The standard InChI is InChI=1S/C37H48N6O7/c1-6-7-18-28(32(45)42-30(34(47)48)21-27-22-38-35(39-23-27)43-36(49)50-37(3,4)5)40-33(46)29(20-26-16-12-9-13-17-26)41-31(44)24(2)19-25-14-10-8-11-15-25/h8-17,22-24,28-30H,6-7,18-21H2,1-5H3,(H,40,46)(H,41,44)(H,42,45)(H,47,48)(H,38,39,43,49)/t24-,28-,29-,30-/m1/s1. The Labute approximate surface area is 293 Å². The average molecular weight is 689 g/mol. The minimum absolute atomic E-state index is 0.0344. The maximum atomic E-state index is 13.8.